The molecule has 0 heterocycles. The smallest absolute Gasteiger partial charge is 0.328 e. The molecule has 10 heteroatoms. The van der Waals surface area contributed by atoms with E-state index in [9.17, 15) is 19.2 Å². The Bertz CT molecular complexity index is 531. The van der Waals surface area contributed by atoms with E-state index < -0.39 is 29.9 Å². The summed E-state index contributed by atoms with van der Waals surface area (Å²) < 4.78 is 5.27. The Morgan fingerprint density at radius 3 is 2.24 bits per heavy atom. The third kappa shape index (κ3) is 13.9. The van der Waals surface area contributed by atoms with Crippen molar-refractivity contribution in [3.05, 3.63) is 0 Å². The van der Waals surface area contributed by atoms with Crippen molar-refractivity contribution >= 4 is 35.5 Å². The summed E-state index contributed by atoms with van der Waals surface area (Å²) in [6.45, 7) is 5.42. The van der Waals surface area contributed by atoms with Crippen molar-refractivity contribution in [2.45, 2.75) is 64.6 Å². The van der Waals surface area contributed by atoms with Crippen LogP contribution in [0.25, 0.3) is 0 Å². The summed E-state index contributed by atoms with van der Waals surface area (Å²) in [4.78, 5) is 48.2. The van der Waals surface area contributed by atoms with Gasteiger partial charge in [0.15, 0.2) is 0 Å². The second-order valence-corrected chi connectivity index (χ2v) is 7.94. The van der Waals surface area contributed by atoms with E-state index in [2.05, 4.69) is 21.3 Å². The van der Waals surface area contributed by atoms with Crippen molar-refractivity contribution in [3.8, 4) is 0 Å². The quantitative estimate of drug-likeness (QED) is 0.215. The van der Waals surface area contributed by atoms with Crippen molar-refractivity contribution in [2.75, 3.05) is 32.1 Å². The molecule has 3 amide bonds. The van der Waals surface area contributed by atoms with Crippen LogP contribution < -0.4 is 21.3 Å². The summed E-state index contributed by atoms with van der Waals surface area (Å²) in [7, 11) is 1.85. The number of nitrogens with one attached hydrogen (secondary N) is 4. The molecule has 0 bridgehead atoms. The predicted octanol–water partition coefficient (Wildman–Crippen LogP) is 0.187. The molecule has 29 heavy (non-hydrogen) atoms. The molecule has 4 N–H and O–H groups in total. The lowest BCUT2D eigenvalue weighted by molar-refractivity contribution is -0.152. The Morgan fingerprint density at radius 1 is 1.00 bits per heavy atom. The Labute approximate surface area is 177 Å². The molecule has 2 unspecified atom stereocenters. The average Bonchev–Trinajstić information content (AvgIpc) is 2.64. The van der Waals surface area contributed by atoms with Gasteiger partial charge in [-0.2, -0.15) is 11.8 Å². The summed E-state index contributed by atoms with van der Waals surface area (Å²) in [5.41, 5.74) is 0. The van der Waals surface area contributed by atoms with Gasteiger partial charge in [0.2, 0.25) is 17.7 Å². The maximum Gasteiger partial charge on any atom is 0.328 e. The number of hydrogen-bond acceptors (Lipinski definition) is 7. The lowest BCUT2D eigenvalue weighted by Crippen LogP contribution is -2.53. The van der Waals surface area contributed by atoms with Crippen molar-refractivity contribution in [3.63, 3.8) is 0 Å². The third-order valence-electron chi connectivity index (χ3n) is 3.88. The van der Waals surface area contributed by atoms with Gasteiger partial charge in [-0.15, -0.1) is 0 Å². The Hall–Kier alpha value is -1.81. The normalized spacial score (nSPS) is 12.8. The van der Waals surface area contributed by atoms with Crippen LogP contribution in [0.4, 0.5) is 0 Å². The molecule has 168 valence electrons. The highest BCUT2D eigenvalue weighted by Crippen LogP contribution is 2.07. The molecule has 0 aliphatic carbocycles. The van der Waals surface area contributed by atoms with Crippen LogP contribution in [0.15, 0.2) is 0 Å². The second kappa shape index (κ2) is 16.0. The highest BCUT2D eigenvalue weighted by molar-refractivity contribution is 7.98. The number of hydrogen-bond donors (Lipinski definition) is 4. The van der Waals surface area contributed by atoms with Gasteiger partial charge < -0.3 is 26.0 Å². The van der Waals surface area contributed by atoms with Gasteiger partial charge in [0.05, 0.1) is 12.6 Å². The fraction of sp³-hybridized carbons (Fsp3) is 0.789. The fourth-order valence-corrected chi connectivity index (χ4v) is 2.91. The first kappa shape index (κ1) is 27.2. The van der Waals surface area contributed by atoms with Crippen LogP contribution in [0, 0.1) is 0 Å². The molecule has 0 aromatic carbocycles. The summed E-state index contributed by atoms with van der Waals surface area (Å²) >= 11 is 1.55. The van der Waals surface area contributed by atoms with Crippen LogP contribution in [0.2, 0.25) is 0 Å². The van der Waals surface area contributed by atoms with Crippen LogP contribution in [-0.2, 0) is 23.9 Å². The Morgan fingerprint density at radius 2 is 1.69 bits per heavy atom. The van der Waals surface area contributed by atoms with Crippen LogP contribution in [0.3, 0.4) is 0 Å². The molecule has 0 saturated heterocycles. The van der Waals surface area contributed by atoms with E-state index >= 15 is 0 Å². The number of unbranched alkanes of at least 4 members (excludes halogenated alkanes) is 1. The lowest BCUT2D eigenvalue weighted by Gasteiger charge is -2.23. The zero-order valence-electron chi connectivity index (χ0n) is 18.1. The minimum absolute atomic E-state index is 0.207. The molecule has 0 rings (SSSR count). The Balaban J connectivity index is 5.02. The van der Waals surface area contributed by atoms with Crippen molar-refractivity contribution in [1.82, 2.24) is 21.3 Å². The number of thioether (sulfide) groups is 1. The Kier molecular flexibility index (Phi) is 15.0. The highest BCUT2D eigenvalue weighted by Gasteiger charge is 2.27. The van der Waals surface area contributed by atoms with Gasteiger partial charge in [-0.1, -0.05) is 0 Å². The number of carbonyl (C=O) groups is 4. The summed E-state index contributed by atoms with van der Waals surface area (Å²) in [6.07, 6.45) is 4.07. The van der Waals surface area contributed by atoms with Crippen molar-refractivity contribution in [2.24, 2.45) is 0 Å². The number of ether oxygens (including phenoxy) is 1. The molecule has 0 fully saturated rings. The molecule has 2 atom stereocenters. The molecule has 0 aromatic rings. The molecule has 0 aliphatic rings. The molecule has 0 saturated carbocycles. The van der Waals surface area contributed by atoms with Crippen molar-refractivity contribution in [1.29, 1.82) is 0 Å². The number of carbonyl (C=O) groups excluding carboxylic acids is 4. The highest BCUT2D eigenvalue weighted by atomic mass is 32.2. The zero-order valence-corrected chi connectivity index (χ0v) is 18.9. The largest absolute Gasteiger partial charge is 0.461 e. The van der Waals surface area contributed by atoms with Gasteiger partial charge in [0.1, 0.15) is 12.1 Å². The monoisotopic (exact) mass is 432 g/mol. The third-order valence-corrected chi connectivity index (χ3v) is 4.53. The SMILES string of the molecule is CNCCCCC(NC(=O)C(CCSC)NC(=O)CNC(C)=O)C(=O)OC(C)C. The summed E-state index contributed by atoms with van der Waals surface area (Å²) in [5, 5.41) is 10.8. The molecule has 0 spiro atoms. The summed E-state index contributed by atoms with van der Waals surface area (Å²) in [6, 6.07) is -1.57. The van der Waals surface area contributed by atoms with E-state index in [1.807, 2.05) is 13.3 Å². The van der Waals surface area contributed by atoms with E-state index in [0.717, 1.165) is 19.4 Å². The first-order valence-electron chi connectivity index (χ1n) is 9.89. The van der Waals surface area contributed by atoms with Gasteiger partial charge in [0, 0.05) is 6.92 Å². The number of amides is 3. The summed E-state index contributed by atoms with van der Waals surface area (Å²) in [5.74, 6) is -1.05. The molecular formula is C19H36N4O5S. The lowest BCUT2D eigenvalue weighted by atomic mass is 10.1. The predicted molar refractivity (Wildman–Crippen MR) is 115 cm³/mol. The molecule has 0 aromatic heterocycles. The van der Waals surface area contributed by atoms with Gasteiger partial charge in [-0.3, -0.25) is 14.4 Å². The topological polar surface area (TPSA) is 126 Å². The second-order valence-electron chi connectivity index (χ2n) is 6.96. The van der Waals surface area contributed by atoms with E-state index in [1.165, 1.54) is 6.92 Å². The van der Waals surface area contributed by atoms with Gasteiger partial charge in [-0.05, 0) is 65.1 Å². The molecule has 9 nitrogen and oxygen atoms in total. The van der Waals surface area contributed by atoms with Gasteiger partial charge in [0.25, 0.3) is 0 Å². The maximum atomic E-state index is 12.8. The molecule has 0 radical (unpaired) electrons. The van der Waals surface area contributed by atoms with E-state index in [4.69, 9.17) is 4.74 Å². The first-order valence-corrected chi connectivity index (χ1v) is 11.3. The van der Waals surface area contributed by atoms with Crippen LogP contribution in [0.1, 0.15) is 46.5 Å². The van der Waals surface area contributed by atoms with Crippen molar-refractivity contribution < 1.29 is 23.9 Å². The van der Waals surface area contributed by atoms with E-state index in [-0.39, 0.29) is 18.6 Å². The fourth-order valence-electron chi connectivity index (χ4n) is 2.44. The minimum Gasteiger partial charge on any atom is -0.461 e. The number of esters is 1. The van der Waals surface area contributed by atoms with Crippen LogP contribution in [0.5, 0.6) is 0 Å². The first-order chi connectivity index (χ1) is 13.7. The van der Waals surface area contributed by atoms with E-state index in [0.29, 0.717) is 18.6 Å². The standard InChI is InChI=1S/C19H36N4O5S/c1-13(2)28-19(27)16(8-6-7-10-20-4)23-18(26)15(9-11-29-5)22-17(25)12-21-14(3)24/h13,15-16,20H,6-12H2,1-5H3,(H,21,24)(H,22,25)(H,23,26). The molecular weight excluding hydrogens is 396 g/mol. The van der Waals surface area contributed by atoms with Crippen LogP contribution in [-0.4, -0.2) is 74.0 Å². The minimum atomic E-state index is -0.796. The maximum absolute atomic E-state index is 12.8. The average molecular weight is 433 g/mol. The van der Waals surface area contributed by atoms with Gasteiger partial charge >= 0.3 is 5.97 Å². The van der Waals surface area contributed by atoms with Crippen LogP contribution >= 0.6 is 11.8 Å². The zero-order chi connectivity index (χ0) is 22.2. The molecule has 0 aliphatic heterocycles. The van der Waals surface area contributed by atoms with E-state index in [1.54, 1.807) is 25.6 Å². The number of rotatable bonds is 15. The van der Waals surface area contributed by atoms with Gasteiger partial charge in [-0.25, -0.2) is 4.79 Å².